The number of urea groups is 1. The normalized spacial score (nSPS) is 19.9. The number of hydrogen-bond donors (Lipinski definition) is 2. The van der Waals surface area contributed by atoms with Crippen molar-refractivity contribution in [2.75, 3.05) is 32.6 Å². The van der Waals surface area contributed by atoms with Crippen LogP contribution in [0, 0.1) is 0 Å². The van der Waals surface area contributed by atoms with E-state index < -0.39 is 30.2 Å². The van der Waals surface area contributed by atoms with E-state index in [0.717, 1.165) is 41.8 Å². The molecular weight excluding hydrogens is 496 g/mol. The lowest BCUT2D eigenvalue weighted by atomic mass is 10.1. The second-order valence-electron chi connectivity index (χ2n) is 8.99. The summed E-state index contributed by atoms with van der Waals surface area (Å²) in [5.74, 6) is -0.238. The average Bonchev–Trinajstić information content (AvgIpc) is 3.26. The number of rotatable bonds is 11. The van der Waals surface area contributed by atoms with Crippen LogP contribution in [0.4, 0.5) is 4.79 Å². The number of carbonyl (C=O) groups is 3. The van der Waals surface area contributed by atoms with Crippen molar-refractivity contribution in [1.29, 1.82) is 0 Å². The standard InChI is InChI=1S/C26H32N4O6S/c1-3-4-7-13-35-21(32)16-37-26-27-23-22(24(33)28-25(34)29(23)2)30(26)14-18(31)15-36-20-12-8-10-17-9-5-6-11-19(17)20/h5-6,8-12,18,22-23,31H,3-4,7,13-16H2,1-2H3,(H,28,33,34). The summed E-state index contributed by atoms with van der Waals surface area (Å²) < 4.78 is 11.2. The van der Waals surface area contributed by atoms with Crippen LogP contribution in [0.5, 0.6) is 5.75 Å². The van der Waals surface area contributed by atoms with Crippen LogP contribution >= 0.6 is 11.8 Å². The summed E-state index contributed by atoms with van der Waals surface area (Å²) in [5.41, 5.74) is 0. The molecule has 4 rings (SSSR count). The number of fused-ring (bicyclic) bond motifs is 2. The molecule has 0 aromatic heterocycles. The number of aliphatic hydroxyl groups excluding tert-OH is 1. The van der Waals surface area contributed by atoms with Gasteiger partial charge in [0.2, 0.25) is 0 Å². The smallest absolute Gasteiger partial charge is 0.325 e. The molecule has 2 N–H and O–H groups in total. The number of hydrogen-bond acceptors (Lipinski definition) is 9. The van der Waals surface area contributed by atoms with Gasteiger partial charge in [0, 0.05) is 12.4 Å². The Bertz CT molecular complexity index is 1170. The third-order valence-corrected chi connectivity index (χ3v) is 7.22. The van der Waals surface area contributed by atoms with Gasteiger partial charge in [-0.1, -0.05) is 67.9 Å². The van der Waals surface area contributed by atoms with Gasteiger partial charge in [0.25, 0.3) is 5.91 Å². The first kappa shape index (κ1) is 26.7. The number of benzene rings is 2. The van der Waals surface area contributed by atoms with E-state index in [9.17, 15) is 19.5 Å². The van der Waals surface area contributed by atoms with Crippen LogP contribution in [-0.4, -0.2) is 88.9 Å². The molecule has 3 unspecified atom stereocenters. The van der Waals surface area contributed by atoms with Gasteiger partial charge in [0.1, 0.15) is 18.5 Å². The van der Waals surface area contributed by atoms with E-state index in [1.807, 2.05) is 42.5 Å². The molecule has 2 aliphatic heterocycles. The number of unbranched alkanes of at least 4 members (excludes halogenated alkanes) is 2. The minimum Gasteiger partial charge on any atom is -0.490 e. The van der Waals surface area contributed by atoms with Gasteiger partial charge in [-0.25, -0.2) is 9.79 Å². The Morgan fingerprint density at radius 1 is 1.19 bits per heavy atom. The number of nitrogens with zero attached hydrogens (tertiary/aromatic N) is 3. The molecule has 3 amide bonds. The molecular formula is C26H32N4O6S. The second kappa shape index (κ2) is 12.3. The predicted octanol–water partition coefficient (Wildman–Crippen LogP) is 2.59. The summed E-state index contributed by atoms with van der Waals surface area (Å²) in [6.45, 7) is 2.44. The molecule has 198 valence electrons. The Morgan fingerprint density at radius 2 is 1.97 bits per heavy atom. The van der Waals surface area contributed by atoms with Gasteiger partial charge >= 0.3 is 12.0 Å². The summed E-state index contributed by atoms with van der Waals surface area (Å²) in [5, 5.41) is 15.5. The van der Waals surface area contributed by atoms with Crippen molar-refractivity contribution in [3.63, 3.8) is 0 Å². The van der Waals surface area contributed by atoms with Gasteiger partial charge in [0.15, 0.2) is 17.4 Å². The van der Waals surface area contributed by atoms with Crippen molar-refractivity contribution in [2.24, 2.45) is 4.99 Å². The first-order chi connectivity index (χ1) is 17.9. The Kier molecular flexibility index (Phi) is 8.88. The fraction of sp³-hybridized carbons (Fsp3) is 0.462. The quantitative estimate of drug-likeness (QED) is 0.337. The number of thioether (sulfide) groups is 1. The van der Waals surface area contributed by atoms with Gasteiger partial charge < -0.3 is 24.4 Å². The first-order valence-corrected chi connectivity index (χ1v) is 13.4. The number of aliphatic hydroxyl groups is 1. The maximum Gasteiger partial charge on any atom is 0.325 e. The fourth-order valence-electron chi connectivity index (χ4n) is 4.30. The second-order valence-corrected chi connectivity index (χ2v) is 9.93. The first-order valence-electron chi connectivity index (χ1n) is 12.4. The summed E-state index contributed by atoms with van der Waals surface area (Å²) in [7, 11) is 1.55. The number of carbonyl (C=O) groups excluding carboxylic acids is 3. The third-order valence-electron chi connectivity index (χ3n) is 6.24. The molecule has 10 nitrogen and oxygen atoms in total. The third kappa shape index (κ3) is 6.34. The molecule has 2 aromatic rings. The van der Waals surface area contributed by atoms with E-state index in [-0.39, 0.29) is 24.9 Å². The van der Waals surface area contributed by atoms with E-state index in [1.165, 1.54) is 4.90 Å². The number of esters is 1. The monoisotopic (exact) mass is 528 g/mol. The summed E-state index contributed by atoms with van der Waals surface area (Å²) in [4.78, 5) is 44.6. The lowest BCUT2D eigenvalue weighted by molar-refractivity contribution is -0.140. The SMILES string of the molecule is CCCCCOC(=O)CSC1=NC2C(C(=O)NC(=O)N2C)N1CC(O)COc1cccc2ccccc12. The van der Waals surface area contributed by atoms with Crippen LogP contribution in [0.1, 0.15) is 26.2 Å². The molecule has 1 saturated heterocycles. The van der Waals surface area contributed by atoms with Crippen LogP contribution in [0.15, 0.2) is 47.5 Å². The minimum atomic E-state index is -0.972. The van der Waals surface area contributed by atoms with Gasteiger partial charge in [-0.15, -0.1) is 0 Å². The lowest BCUT2D eigenvalue weighted by Crippen LogP contribution is -2.64. The minimum absolute atomic E-state index is 0.00276. The number of nitrogens with one attached hydrogen (secondary N) is 1. The lowest BCUT2D eigenvalue weighted by Gasteiger charge is -2.36. The molecule has 2 aromatic carbocycles. The van der Waals surface area contributed by atoms with Crippen LogP contribution in [-0.2, 0) is 14.3 Å². The summed E-state index contributed by atoms with van der Waals surface area (Å²) in [6, 6.07) is 12.1. The summed E-state index contributed by atoms with van der Waals surface area (Å²) in [6.07, 6.45) is 1.09. The molecule has 0 saturated carbocycles. The number of amidine groups is 1. The number of aliphatic imine (C=N–C) groups is 1. The molecule has 2 aliphatic rings. The Labute approximate surface area is 220 Å². The highest BCUT2D eigenvalue weighted by molar-refractivity contribution is 8.14. The van der Waals surface area contributed by atoms with E-state index in [2.05, 4.69) is 17.2 Å². The van der Waals surface area contributed by atoms with Crippen molar-refractivity contribution in [3.05, 3.63) is 42.5 Å². The fourth-order valence-corrected chi connectivity index (χ4v) is 5.17. The Balaban J connectivity index is 1.42. The van der Waals surface area contributed by atoms with E-state index in [4.69, 9.17) is 9.47 Å². The molecule has 11 heteroatoms. The molecule has 0 aliphatic carbocycles. The highest BCUT2D eigenvalue weighted by Gasteiger charge is 2.49. The maximum absolute atomic E-state index is 12.7. The van der Waals surface area contributed by atoms with Gasteiger partial charge in [0.05, 0.1) is 18.9 Å². The molecule has 0 radical (unpaired) electrons. The van der Waals surface area contributed by atoms with Gasteiger partial charge in [-0.05, 0) is 17.9 Å². The van der Waals surface area contributed by atoms with Gasteiger partial charge in [-0.3, -0.25) is 14.9 Å². The molecule has 1 fully saturated rings. The zero-order valence-electron chi connectivity index (χ0n) is 21.0. The molecule has 2 heterocycles. The molecule has 0 spiro atoms. The largest absolute Gasteiger partial charge is 0.490 e. The zero-order chi connectivity index (χ0) is 26.4. The highest BCUT2D eigenvalue weighted by atomic mass is 32.2. The van der Waals surface area contributed by atoms with Crippen molar-refractivity contribution in [3.8, 4) is 5.75 Å². The van der Waals surface area contributed by atoms with Crippen LogP contribution in [0.25, 0.3) is 10.8 Å². The van der Waals surface area contributed by atoms with E-state index >= 15 is 0 Å². The number of β-amino-alcohol motifs (C(OH)–C–C–N with tert-alkyl or cyclic N) is 1. The summed E-state index contributed by atoms with van der Waals surface area (Å²) >= 11 is 1.13. The van der Waals surface area contributed by atoms with Gasteiger partial charge in [-0.2, -0.15) is 0 Å². The van der Waals surface area contributed by atoms with Crippen LogP contribution < -0.4 is 10.1 Å². The number of amides is 3. The van der Waals surface area contributed by atoms with Crippen molar-refractivity contribution >= 4 is 45.6 Å². The number of imide groups is 1. The van der Waals surface area contributed by atoms with Crippen molar-refractivity contribution in [1.82, 2.24) is 15.1 Å². The zero-order valence-corrected chi connectivity index (χ0v) is 21.8. The predicted molar refractivity (Wildman–Crippen MR) is 141 cm³/mol. The Hall–Kier alpha value is -3.31. The topological polar surface area (TPSA) is 121 Å². The Morgan fingerprint density at radius 3 is 2.78 bits per heavy atom. The average molecular weight is 529 g/mol. The maximum atomic E-state index is 12.7. The van der Waals surface area contributed by atoms with Crippen LogP contribution in [0.2, 0.25) is 0 Å². The number of likely N-dealkylation sites (N-methyl/N-ethyl adjacent to an activating group) is 1. The van der Waals surface area contributed by atoms with E-state index in [1.54, 1.807) is 11.9 Å². The highest BCUT2D eigenvalue weighted by Crippen LogP contribution is 2.29. The van der Waals surface area contributed by atoms with Crippen molar-refractivity contribution in [2.45, 2.75) is 44.5 Å². The molecule has 0 bridgehead atoms. The van der Waals surface area contributed by atoms with E-state index in [0.29, 0.717) is 17.5 Å². The van der Waals surface area contributed by atoms with Crippen molar-refractivity contribution < 1.29 is 29.0 Å². The number of ether oxygens (including phenoxy) is 2. The van der Waals surface area contributed by atoms with Crippen LogP contribution in [0.3, 0.4) is 0 Å². The molecule has 37 heavy (non-hydrogen) atoms. The molecule has 3 atom stereocenters.